The fraction of sp³-hybridized carbons (Fsp3) is 0.269. The van der Waals surface area contributed by atoms with Gasteiger partial charge in [0.2, 0.25) is 0 Å². The van der Waals surface area contributed by atoms with Gasteiger partial charge in [0.1, 0.15) is 0 Å². The van der Waals surface area contributed by atoms with Crippen LogP contribution in [-0.4, -0.2) is 12.1 Å². The van der Waals surface area contributed by atoms with Crippen LogP contribution in [-0.2, 0) is 9.32 Å². The van der Waals surface area contributed by atoms with E-state index in [2.05, 4.69) is 50.2 Å². The Hall–Kier alpha value is -2.44. The van der Waals surface area contributed by atoms with Crippen LogP contribution in [0.3, 0.4) is 0 Å². The van der Waals surface area contributed by atoms with Crippen LogP contribution in [0.1, 0.15) is 39.5 Å². The van der Waals surface area contributed by atoms with Gasteiger partial charge in [-0.15, -0.1) is 0 Å². The van der Waals surface area contributed by atoms with Crippen molar-refractivity contribution < 1.29 is 9.32 Å². The summed E-state index contributed by atoms with van der Waals surface area (Å²) in [6.45, 7) is 0.869. The average molecular weight is 407 g/mol. The molecule has 0 N–H and O–H groups in total. The van der Waals surface area contributed by atoms with E-state index in [-0.39, 0.29) is 5.97 Å². The summed E-state index contributed by atoms with van der Waals surface area (Å²) in [6.07, 6.45) is 4.17. The van der Waals surface area contributed by atoms with E-state index in [4.69, 9.17) is 4.52 Å². The first-order chi connectivity index (χ1) is 14.2. The Balaban J connectivity index is 2.30. The summed E-state index contributed by atoms with van der Waals surface area (Å²) in [5.74, 6) is -0.102. The van der Waals surface area contributed by atoms with Crippen LogP contribution in [0, 0.1) is 0 Å². The minimum absolute atomic E-state index is 0.102. The molecule has 0 aromatic heterocycles. The predicted octanol–water partition coefficient (Wildman–Crippen LogP) is 5.57. The second-order valence-corrected chi connectivity index (χ2v) is 12.2. The average Bonchev–Trinajstić information content (AvgIpc) is 2.80. The van der Waals surface area contributed by atoms with Crippen LogP contribution in [0.15, 0.2) is 91.0 Å². The van der Waals surface area contributed by atoms with Gasteiger partial charge < -0.3 is 0 Å². The summed E-state index contributed by atoms with van der Waals surface area (Å²) in [6, 6.07) is 31.1. The molecule has 3 rings (SSSR count). The topological polar surface area (TPSA) is 26.3 Å². The third-order valence-electron chi connectivity index (χ3n) is 5.80. The number of hydrogen-bond donors (Lipinski definition) is 0. The van der Waals surface area contributed by atoms with Gasteiger partial charge in [-0.25, -0.2) is 0 Å². The van der Waals surface area contributed by atoms with Crippen molar-refractivity contribution in [1.29, 1.82) is 0 Å². The van der Waals surface area contributed by atoms with E-state index < -0.39 is 6.83 Å². The molecule has 3 aromatic rings. The molecule has 0 fully saturated rings. The Bertz CT molecular complexity index is 808. The van der Waals surface area contributed by atoms with E-state index in [1.165, 1.54) is 0 Å². The monoisotopic (exact) mass is 406 g/mol. The van der Waals surface area contributed by atoms with E-state index >= 15 is 0 Å². The van der Waals surface area contributed by atoms with E-state index in [9.17, 15) is 4.79 Å². The molecule has 0 amide bonds. The van der Waals surface area contributed by atoms with Gasteiger partial charge in [0.25, 0.3) is 0 Å². The summed E-state index contributed by atoms with van der Waals surface area (Å²) in [4.78, 5) is 13.2. The SMILES string of the molecule is CCCCCC(=O)OP(CC)(c1ccccc1)(c1ccccc1)c1ccccc1. The molecule has 3 aromatic carbocycles. The van der Waals surface area contributed by atoms with Crippen LogP contribution in [0.4, 0.5) is 0 Å². The fourth-order valence-electron chi connectivity index (χ4n) is 4.24. The first-order valence-electron chi connectivity index (χ1n) is 10.6. The molecule has 0 radical (unpaired) electrons. The van der Waals surface area contributed by atoms with Crippen molar-refractivity contribution in [3.63, 3.8) is 0 Å². The zero-order valence-electron chi connectivity index (χ0n) is 17.5. The van der Waals surface area contributed by atoms with Gasteiger partial charge in [-0.1, -0.05) is 0 Å². The number of carbonyl (C=O) groups is 1. The first kappa shape index (κ1) is 21.3. The standard InChI is InChI=1S/C26H31O2P/c1-3-5-9-22-26(27)28-29(4-2,23-16-10-6-11-17-23,24-18-12-7-13-19-24)25-20-14-8-15-21-25/h6-8,10-21H,3-5,9,22H2,1-2H3. The molecule has 0 unspecified atom stereocenters. The normalized spacial score (nSPS) is 12.7. The summed E-state index contributed by atoms with van der Waals surface area (Å²) < 4.78 is 6.77. The van der Waals surface area contributed by atoms with Crippen molar-refractivity contribution in [3.05, 3.63) is 91.0 Å². The maximum absolute atomic E-state index is 13.2. The molecule has 3 heteroatoms. The molecular formula is C26H31O2P. The number of unbranched alkanes of at least 4 members (excludes halogenated alkanes) is 2. The minimum atomic E-state index is -3.44. The molecule has 0 heterocycles. The number of rotatable bonds is 9. The molecule has 0 spiro atoms. The molecule has 29 heavy (non-hydrogen) atoms. The Morgan fingerprint density at radius 3 is 1.45 bits per heavy atom. The molecule has 2 nitrogen and oxygen atoms in total. The molecule has 0 atom stereocenters. The van der Waals surface area contributed by atoms with Crippen LogP contribution < -0.4 is 15.9 Å². The zero-order chi connectivity index (χ0) is 20.6. The molecular weight excluding hydrogens is 375 g/mol. The quantitative estimate of drug-likeness (QED) is 0.343. The molecule has 0 saturated heterocycles. The number of hydrogen-bond acceptors (Lipinski definition) is 2. The van der Waals surface area contributed by atoms with Gasteiger partial charge in [0.05, 0.1) is 0 Å². The molecule has 0 aliphatic heterocycles. The molecule has 0 aliphatic carbocycles. The Morgan fingerprint density at radius 2 is 1.10 bits per heavy atom. The fourth-order valence-corrected chi connectivity index (χ4v) is 9.62. The number of carbonyl (C=O) groups excluding carboxylic acids is 1. The van der Waals surface area contributed by atoms with Crippen LogP contribution in [0.25, 0.3) is 0 Å². The molecule has 0 aliphatic rings. The Kier molecular flexibility index (Phi) is 6.87. The third kappa shape index (κ3) is 3.87. The summed E-state index contributed by atoms with van der Waals surface area (Å²) in [5, 5.41) is 3.30. The van der Waals surface area contributed by atoms with Crippen molar-refractivity contribution in [2.75, 3.05) is 6.16 Å². The van der Waals surface area contributed by atoms with Crippen LogP contribution >= 0.6 is 6.83 Å². The van der Waals surface area contributed by atoms with E-state index in [1.54, 1.807) is 0 Å². The third-order valence-corrected chi connectivity index (χ3v) is 11.8. The summed E-state index contributed by atoms with van der Waals surface area (Å²) in [5.41, 5.74) is 0. The zero-order valence-corrected chi connectivity index (χ0v) is 18.4. The molecule has 0 bridgehead atoms. The van der Waals surface area contributed by atoms with Gasteiger partial charge >= 0.3 is 175 Å². The van der Waals surface area contributed by atoms with E-state index in [1.807, 2.05) is 54.6 Å². The van der Waals surface area contributed by atoms with Crippen LogP contribution in [0.5, 0.6) is 0 Å². The van der Waals surface area contributed by atoms with Crippen molar-refractivity contribution in [1.82, 2.24) is 0 Å². The summed E-state index contributed by atoms with van der Waals surface area (Å²) in [7, 11) is 0. The van der Waals surface area contributed by atoms with Gasteiger partial charge in [-0.2, -0.15) is 0 Å². The Labute approximate surface area is 174 Å². The maximum atomic E-state index is 13.2. The van der Waals surface area contributed by atoms with Crippen molar-refractivity contribution in [3.8, 4) is 0 Å². The van der Waals surface area contributed by atoms with E-state index in [0.717, 1.165) is 41.3 Å². The Morgan fingerprint density at radius 1 is 0.690 bits per heavy atom. The molecule has 152 valence electrons. The van der Waals surface area contributed by atoms with Gasteiger partial charge in [-0.3, -0.25) is 0 Å². The predicted molar refractivity (Wildman–Crippen MR) is 126 cm³/mol. The van der Waals surface area contributed by atoms with E-state index in [0.29, 0.717) is 6.42 Å². The van der Waals surface area contributed by atoms with Gasteiger partial charge in [0.15, 0.2) is 0 Å². The second kappa shape index (κ2) is 9.37. The van der Waals surface area contributed by atoms with Crippen molar-refractivity contribution in [2.45, 2.75) is 39.5 Å². The summed E-state index contributed by atoms with van der Waals surface area (Å²) >= 11 is 0. The van der Waals surface area contributed by atoms with Gasteiger partial charge in [-0.05, 0) is 0 Å². The molecule has 0 saturated carbocycles. The number of benzene rings is 3. The first-order valence-corrected chi connectivity index (χ1v) is 12.9. The van der Waals surface area contributed by atoms with Crippen LogP contribution in [0.2, 0.25) is 0 Å². The second-order valence-electron chi connectivity index (χ2n) is 7.46. The van der Waals surface area contributed by atoms with Crippen molar-refractivity contribution >= 4 is 28.7 Å². The van der Waals surface area contributed by atoms with Crippen molar-refractivity contribution in [2.24, 2.45) is 0 Å². The van der Waals surface area contributed by atoms with Gasteiger partial charge in [0, 0.05) is 0 Å².